The SMILES string of the molecule is CC1(C)CC([n+]2cc(=N)o[n-]2)CC(C)(C)N1OC1OC(CO)C(O)C(O)C1N. The quantitative estimate of drug-likeness (QED) is 0.355. The first-order valence-corrected chi connectivity index (χ1v) is 9.41. The van der Waals surface area contributed by atoms with E-state index in [1.54, 1.807) is 10.9 Å². The van der Waals surface area contributed by atoms with Gasteiger partial charge in [-0.25, -0.2) is 4.68 Å². The van der Waals surface area contributed by atoms with Crippen molar-refractivity contribution in [3.05, 3.63) is 11.8 Å². The highest BCUT2D eigenvalue weighted by Gasteiger charge is 2.52. The van der Waals surface area contributed by atoms with Crippen LogP contribution in [0, 0.1) is 5.41 Å². The summed E-state index contributed by atoms with van der Waals surface area (Å²) in [5, 5.41) is 42.9. The predicted octanol–water partition coefficient (Wildman–Crippen LogP) is -2.10. The van der Waals surface area contributed by atoms with Crippen molar-refractivity contribution in [3.8, 4) is 0 Å². The topological polar surface area (TPSA) is 163 Å². The number of aliphatic hydroxyl groups is 3. The molecule has 0 aromatic carbocycles. The molecule has 3 rings (SSSR count). The minimum absolute atomic E-state index is 0.00142. The van der Waals surface area contributed by atoms with E-state index >= 15 is 0 Å². The fourth-order valence-corrected chi connectivity index (χ4v) is 4.42. The highest BCUT2D eigenvalue weighted by atomic mass is 16.8. The molecule has 11 nitrogen and oxygen atoms in total. The van der Waals surface area contributed by atoms with Crippen LogP contribution in [0.25, 0.3) is 0 Å². The number of aliphatic hydroxyl groups excluding tert-OH is 3. The molecule has 11 heteroatoms. The van der Waals surface area contributed by atoms with Gasteiger partial charge in [0.1, 0.15) is 18.3 Å². The Labute approximate surface area is 163 Å². The van der Waals surface area contributed by atoms with Crippen LogP contribution in [0.15, 0.2) is 10.7 Å². The highest BCUT2D eigenvalue weighted by molar-refractivity contribution is 4.97. The van der Waals surface area contributed by atoms with Crippen LogP contribution < -0.4 is 21.2 Å². The van der Waals surface area contributed by atoms with E-state index in [1.807, 2.05) is 32.8 Å². The van der Waals surface area contributed by atoms with E-state index in [2.05, 4.69) is 5.27 Å². The van der Waals surface area contributed by atoms with E-state index in [4.69, 9.17) is 25.2 Å². The lowest BCUT2D eigenvalue weighted by Crippen LogP contribution is -2.68. The molecule has 0 aliphatic carbocycles. The standard InChI is InChI=1S/C17H31N5O6/c1-16(2)5-9(21-7-11(18)27-20-21)6-17(3,4)22(16)28-15-12(19)14(25)13(24)10(8-23)26-15/h7,9-10,12-15,18,23-25H,5-6,8,19H2,1-4H3. The van der Waals surface area contributed by atoms with Crippen LogP contribution in [0.5, 0.6) is 0 Å². The van der Waals surface area contributed by atoms with Crippen molar-refractivity contribution in [2.45, 2.75) is 88.3 Å². The van der Waals surface area contributed by atoms with Gasteiger partial charge in [-0.15, -0.1) is 0 Å². The second-order valence-electron chi connectivity index (χ2n) is 8.92. The van der Waals surface area contributed by atoms with Crippen LogP contribution in [-0.2, 0) is 9.57 Å². The summed E-state index contributed by atoms with van der Waals surface area (Å²) >= 11 is 0. The second-order valence-corrected chi connectivity index (χ2v) is 8.92. The van der Waals surface area contributed by atoms with Crippen molar-refractivity contribution in [1.82, 2.24) is 10.3 Å². The zero-order valence-electron chi connectivity index (χ0n) is 16.6. The largest absolute Gasteiger partial charge is 0.487 e. The minimum Gasteiger partial charge on any atom is -0.487 e. The van der Waals surface area contributed by atoms with Crippen LogP contribution in [0.1, 0.15) is 46.6 Å². The molecular weight excluding hydrogens is 370 g/mol. The number of hydrogen-bond donors (Lipinski definition) is 5. The Hall–Kier alpha value is -1.34. The van der Waals surface area contributed by atoms with Crippen molar-refractivity contribution in [2.75, 3.05) is 6.61 Å². The summed E-state index contributed by atoms with van der Waals surface area (Å²) in [5.41, 5.74) is 5.08. The lowest BCUT2D eigenvalue weighted by atomic mass is 9.79. The molecule has 0 amide bonds. The van der Waals surface area contributed by atoms with Crippen LogP contribution in [0.3, 0.4) is 0 Å². The van der Waals surface area contributed by atoms with Gasteiger partial charge in [0.05, 0.1) is 12.6 Å². The smallest absolute Gasteiger partial charge is 0.264 e. The fraction of sp³-hybridized carbons (Fsp3) is 0.882. The van der Waals surface area contributed by atoms with Gasteiger partial charge in [-0.1, -0.05) is 0 Å². The Bertz CT molecular complexity index is 714. The molecule has 2 aliphatic rings. The maximum atomic E-state index is 10.2. The summed E-state index contributed by atoms with van der Waals surface area (Å²) in [7, 11) is 0. The van der Waals surface area contributed by atoms with Gasteiger partial charge in [0.15, 0.2) is 12.3 Å². The number of nitrogens with one attached hydrogen (secondary N) is 1. The molecule has 0 radical (unpaired) electrons. The first-order chi connectivity index (χ1) is 13.0. The number of nitrogens with two attached hydrogens (primary N) is 1. The molecule has 1 aromatic rings. The summed E-state index contributed by atoms with van der Waals surface area (Å²) < 4.78 is 12.2. The van der Waals surface area contributed by atoms with Crippen molar-refractivity contribution < 1.29 is 34.1 Å². The van der Waals surface area contributed by atoms with Gasteiger partial charge >= 0.3 is 0 Å². The third-order valence-electron chi connectivity index (χ3n) is 5.56. The lowest BCUT2D eigenvalue weighted by Gasteiger charge is -2.54. The monoisotopic (exact) mass is 401 g/mol. The number of piperidine rings is 1. The number of ether oxygens (including phenoxy) is 1. The number of nitrogens with zero attached hydrogens (tertiary/aromatic N) is 3. The average molecular weight is 401 g/mol. The van der Waals surface area contributed by atoms with E-state index in [1.165, 1.54) is 0 Å². The highest BCUT2D eigenvalue weighted by Crippen LogP contribution is 2.42. The van der Waals surface area contributed by atoms with Gasteiger partial charge in [-0.05, 0) is 27.7 Å². The predicted molar refractivity (Wildman–Crippen MR) is 93.2 cm³/mol. The van der Waals surface area contributed by atoms with Crippen molar-refractivity contribution in [3.63, 3.8) is 0 Å². The van der Waals surface area contributed by atoms with E-state index in [0.29, 0.717) is 12.8 Å². The van der Waals surface area contributed by atoms with Gasteiger partial charge in [0, 0.05) is 23.9 Å². The summed E-state index contributed by atoms with van der Waals surface area (Å²) in [6.45, 7) is 7.56. The van der Waals surface area contributed by atoms with Crippen molar-refractivity contribution in [2.24, 2.45) is 5.73 Å². The maximum absolute atomic E-state index is 10.2. The number of rotatable bonds is 4. The Morgan fingerprint density at radius 1 is 1.29 bits per heavy atom. The molecule has 1 aromatic heterocycles. The zero-order chi connectivity index (χ0) is 20.9. The zero-order valence-corrected chi connectivity index (χ0v) is 16.6. The average Bonchev–Trinajstić information content (AvgIpc) is 3.03. The van der Waals surface area contributed by atoms with Crippen molar-refractivity contribution in [1.29, 1.82) is 5.41 Å². The molecule has 3 heterocycles. The molecular formula is C17H31N5O6. The molecule has 28 heavy (non-hydrogen) atoms. The Balaban J connectivity index is 1.80. The van der Waals surface area contributed by atoms with E-state index in [-0.39, 0.29) is 11.6 Å². The van der Waals surface area contributed by atoms with Gasteiger partial charge in [-0.3, -0.25) is 15.5 Å². The molecule has 2 saturated heterocycles. The summed E-state index contributed by atoms with van der Waals surface area (Å²) in [4.78, 5) is 6.13. The third-order valence-corrected chi connectivity index (χ3v) is 5.56. The second kappa shape index (κ2) is 7.48. The summed E-state index contributed by atoms with van der Waals surface area (Å²) in [6, 6.07) is -0.968. The minimum atomic E-state index is -1.28. The molecule has 0 saturated carbocycles. The Kier molecular flexibility index (Phi) is 5.71. The lowest BCUT2D eigenvalue weighted by molar-refractivity contribution is -0.796. The summed E-state index contributed by atoms with van der Waals surface area (Å²) in [6.07, 6.45) is -1.70. The molecule has 5 unspecified atom stereocenters. The van der Waals surface area contributed by atoms with Crippen LogP contribution >= 0.6 is 0 Å². The van der Waals surface area contributed by atoms with Gasteiger partial charge in [0.25, 0.3) is 5.55 Å². The third kappa shape index (κ3) is 3.88. The normalized spacial score (nSPS) is 36.5. The van der Waals surface area contributed by atoms with Crippen LogP contribution in [0.4, 0.5) is 0 Å². The van der Waals surface area contributed by atoms with E-state index in [0.717, 1.165) is 0 Å². The van der Waals surface area contributed by atoms with Gasteiger partial charge in [0.2, 0.25) is 6.20 Å². The molecule has 6 N–H and O–H groups in total. The molecule has 2 aliphatic heterocycles. The van der Waals surface area contributed by atoms with Gasteiger partial charge in [-0.2, -0.15) is 5.06 Å². The number of hydroxylamine groups is 2. The molecule has 5 atom stereocenters. The fourth-order valence-electron chi connectivity index (χ4n) is 4.42. The first-order valence-electron chi connectivity index (χ1n) is 9.41. The van der Waals surface area contributed by atoms with Crippen LogP contribution in [0.2, 0.25) is 0 Å². The van der Waals surface area contributed by atoms with Crippen LogP contribution in [-0.4, -0.2) is 68.7 Å². The maximum Gasteiger partial charge on any atom is 0.264 e. The molecule has 0 spiro atoms. The molecule has 2 fully saturated rings. The Morgan fingerprint density at radius 2 is 1.89 bits per heavy atom. The van der Waals surface area contributed by atoms with E-state index < -0.39 is 48.3 Å². The molecule has 160 valence electrons. The Morgan fingerprint density at radius 3 is 2.39 bits per heavy atom. The number of aromatic nitrogens is 2. The first kappa shape index (κ1) is 21.4. The number of hydrogen-bond acceptors (Lipinski definition) is 9. The van der Waals surface area contributed by atoms with E-state index in [9.17, 15) is 15.3 Å². The van der Waals surface area contributed by atoms with Crippen molar-refractivity contribution >= 4 is 0 Å². The molecule has 0 bridgehead atoms. The summed E-state index contributed by atoms with van der Waals surface area (Å²) in [5.74, 6) is 0. The van der Waals surface area contributed by atoms with Gasteiger partial charge < -0.3 is 30.3 Å².